The molecule has 1 aromatic carbocycles. The van der Waals surface area contributed by atoms with E-state index in [2.05, 4.69) is 23.9 Å². The Kier molecular flexibility index (Phi) is 5.51. The van der Waals surface area contributed by atoms with Crippen LogP contribution >= 0.6 is 0 Å². The molecule has 2 fully saturated rings. The molecule has 3 rings (SSSR count). The van der Waals surface area contributed by atoms with Gasteiger partial charge in [0.1, 0.15) is 5.82 Å². The van der Waals surface area contributed by atoms with Crippen LogP contribution in [-0.2, 0) is 15.9 Å². The van der Waals surface area contributed by atoms with Gasteiger partial charge in [0.2, 0.25) is 0 Å². The lowest BCUT2D eigenvalue weighted by Crippen LogP contribution is -2.44. The summed E-state index contributed by atoms with van der Waals surface area (Å²) in [6.07, 6.45) is 2.38. The molecule has 2 aliphatic rings. The highest BCUT2D eigenvalue weighted by molar-refractivity contribution is 6.62. The molecule has 6 heteroatoms. The Morgan fingerprint density at radius 2 is 1.85 bits per heavy atom. The number of rotatable bonds is 4. The van der Waals surface area contributed by atoms with Crippen molar-refractivity contribution in [2.24, 2.45) is 0 Å². The Morgan fingerprint density at radius 3 is 2.42 bits per heavy atom. The van der Waals surface area contributed by atoms with Gasteiger partial charge < -0.3 is 14.2 Å². The number of nitrogens with zero attached hydrogens (tertiary/aromatic N) is 2. The summed E-state index contributed by atoms with van der Waals surface area (Å²) in [5, 5.41) is 0. The van der Waals surface area contributed by atoms with Crippen LogP contribution in [0.25, 0.3) is 0 Å². The third-order valence-corrected chi connectivity index (χ3v) is 6.21. The highest BCUT2D eigenvalue weighted by Gasteiger charge is 2.51. The minimum Gasteiger partial charge on any atom is -0.399 e. The van der Waals surface area contributed by atoms with Crippen molar-refractivity contribution in [3.8, 4) is 0 Å². The molecule has 2 saturated heterocycles. The van der Waals surface area contributed by atoms with Gasteiger partial charge >= 0.3 is 7.12 Å². The first-order valence-electron chi connectivity index (χ1n) is 9.62. The molecule has 0 saturated carbocycles. The number of hydrogen-bond acceptors (Lipinski definition) is 4. The molecule has 4 nitrogen and oxygen atoms in total. The predicted octanol–water partition coefficient (Wildman–Crippen LogP) is 2.65. The second-order valence-electron chi connectivity index (χ2n) is 8.93. The van der Waals surface area contributed by atoms with Gasteiger partial charge in [0.05, 0.1) is 11.2 Å². The van der Waals surface area contributed by atoms with Gasteiger partial charge in [0.25, 0.3) is 0 Å². The summed E-state index contributed by atoms with van der Waals surface area (Å²) >= 11 is 0. The number of likely N-dealkylation sites (tertiary alicyclic amines) is 1. The standard InChI is InChI=1S/C20H32BFN2O2/c1-19(2)20(3,4)26-21(25-19)16-10-9-15(18(22)12-16)13-24-11-7-8-17(14-24)23(5)6/h9-10,12,17H,7-8,11,13-14H2,1-6H3. The van der Waals surface area contributed by atoms with Crippen LogP contribution in [0.4, 0.5) is 4.39 Å². The molecular formula is C20H32BFN2O2. The lowest BCUT2D eigenvalue weighted by molar-refractivity contribution is 0.00578. The van der Waals surface area contributed by atoms with Crippen molar-refractivity contribution >= 4 is 12.6 Å². The van der Waals surface area contributed by atoms with Gasteiger partial charge in [-0.15, -0.1) is 0 Å². The summed E-state index contributed by atoms with van der Waals surface area (Å²) in [6, 6.07) is 5.95. The normalized spacial score (nSPS) is 25.8. The van der Waals surface area contributed by atoms with Crippen LogP contribution in [0.1, 0.15) is 46.1 Å². The SMILES string of the molecule is CN(C)C1CCCN(Cc2ccc(B3OC(C)(C)C(C)(C)O3)cc2F)C1. The largest absolute Gasteiger partial charge is 0.494 e. The van der Waals surface area contributed by atoms with Crippen LogP contribution < -0.4 is 5.46 Å². The first-order chi connectivity index (χ1) is 12.1. The first kappa shape index (κ1) is 19.8. The average molecular weight is 362 g/mol. The zero-order chi connectivity index (χ0) is 19.1. The fraction of sp³-hybridized carbons (Fsp3) is 0.700. The lowest BCUT2D eigenvalue weighted by Gasteiger charge is -2.36. The monoisotopic (exact) mass is 362 g/mol. The Morgan fingerprint density at radius 1 is 1.19 bits per heavy atom. The molecule has 0 aromatic heterocycles. The molecule has 0 radical (unpaired) electrons. The van der Waals surface area contributed by atoms with Gasteiger partial charge in [-0.2, -0.15) is 0 Å². The minimum absolute atomic E-state index is 0.177. The average Bonchev–Trinajstić information content (AvgIpc) is 2.77. The van der Waals surface area contributed by atoms with E-state index in [1.165, 1.54) is 6.42 Å². The Hall–Kier alpha value is -0.945. The molecule has 1 unspecified atom stereocenters. The molecule has 1 atom stereocenters. The van der Waals surface area contributed by atoms with E-state index < -0.39 is 18.3 Å². The third-order valence-electron chi connectivity index (χ3n) is 6.21. The maximum absolute atomic E-state index is 14.8. The molecule has 1 aromatic rings. The zero-order valence-corrected chi connectivity index (χ0v) is 17.0. The highest BCUT2D eigenvalue weighted by atomic mass is 19.1. The van der Waals surface area contributed by atoms with Crippen LogP contribution in [0, 0.1) is 5.82 Å². The Bertz CT molecular complexity index is 635. The van der Waals surface area contributed by atoms with Crippen LogP contribution in [0.5, 0.6) is 0 Å². The van der Waals surface area contributed by atoms with Gasteiger partial charge in [0.15, 0.2) is 0 Å². The fourth-order valence-corrected chi connectivity index (χ4v) is 3.65. The van der Waals surface area contributed by atoms with E-state index in [9.17, 15) is 4.39 Å². The van der Waals surface area contributed by atoms with Crippen LogP contribution in [0.3, 0.4) is 0 Å². The summed E-state index contributed by atoms with van der Waals surface area (Å²) in [7, 11) is 3.72. The summed E-state index contributed by atoms with van der Waals surface area (Å²) in [5.74, 6) is -0.177. The maximum Gasteiger partial charge on any atom is 0.494 e. The zero-order valence-electron chi connectivity index (χ0n) is 17.0. The first-order valence-corrected chi connectivity index (χ1v) is 9.62. The summed E-state index contributed by atoms with van der Waals surface area (Å²) in [4.78, 5) is 4.62. The maximum atomic E-state index is 14.8. The number of piperidine rings is 1. The second-order valence-corrected chi connectivity index (χ2v) is 8.93. The van der Waals surface area contributed by atoms with E-state index in [-0.39, 0.29) is 5.82 Å². The molecule has 0 spiro atoms. The summed E-state index contributed by atoms with van der Waals surface area (Å²) < 4.78 is 26.8. The Balaban J connectivity index is 1.69. The summed E-state index contributed by atoms with van der Waals surface area (Å²) in [6.45, 7) is 10.7. The molecule has 0 bridgehead atoms. The van der Waals surface area contributed by atoms with Gasteiger partial charge in [-0.3, -0.25) is 4.90 Å². The van der Waals surface area contributed by atoms with Crippen LogP contribution in [0.15, 0.2) is 18.2 Å². The third kappa shape index (κ3) is 3.98. The van der Waals surface area contributed by atoms with Crippen molar-refractivity contribution in [1.82, 2.24) is 9.80 Å². The molecule has 144 valence electrons. The molecule has 2 heterocycles. The number of hydrogen-bond donors (Lipinski definition) is 0. The van der Waals surface area contributed by atoms with E-state index in [0.29, 0.717) is 12.6 Å². The van der Waals surface area contributed by atoms with Crippen molar-refractivity contribution in [3.63, 3.8) is 0 Å². The number of likely N-dealkylation sites (N-methyl/N-ethyl adjacent to an activating group) is 1. The molecule has 0 amide bonds. The van der Waals surface area contributed by atoms with E-state index >= 15 is 0 Å². The lowest BCUT2D eigenvalue weighted by atomic mass is 9.78. The van der Waals surface area contributed by atoms with Gasteiger partial charge in [0, 0.05) is 24.7 Å². The predicted molar refractivity (Wildman–Crippen MR) is 104 cm³/mol. The molecule has 0 N–H and O–H groups in total. The van der Waals surface area contributed by atoms with Crippen LogP contribution in [0.2, 0.25) is 0 Å². The van der Waals surface area contributed by atoms with Gasteiger partial charge in [-0.25, -0.2) is 4.39 Å². The molecular weight excluding hydrogens is 330 g/mol. The van der Waals surface area contributed by atoms with Crippen molar-refractivity contribution in [3.05, 3.63) is 29.6 Å². The van der Waals surface area contributed by atoms with E-state index in [1.54, 1.807) is 6.07 Å². The molecule has 2 aliphatic heterocycles. The molecule has 26 heavy (non-hydrogen) atoms. The van der Waals surface area contributed by atoms with Crippen molar-refractivity contribution in [2.45, 2.75) is 64.3 Å². The Labute approximate surface area is 157 Å². The van der Waals surface area contributed by atoms with Crippen molar-refractivity contribution < 1.29 is 13.7 Å². The number of benzene rings is 1. The smallest absolute Gasteiger partial charge is 0.399 e. The van der Waals surface area contributed by atoms with E-state index in [0.717, 1.165) is 30.5 Å². The van der Waals surface area contributed by atoms with Gasteiger partial charge in [-0.1, -0.05) is 12.1 Å². The number of halogens is 1. The quantitative estimate of drug-likeness (QED) is 0.769. The highest BCUT2D eigenvalue weighted by Crippen LogP contribution is 2.36. The second kappa shape index (κ2) is 7.23. The molecule has 0 aliphatic carbocycles. The van der Waals surface area contributed by atoms with Crippen molar-refractivity contribution in [1.29, 1.82) is 0 Å². The topological polar surface area (TPSA) is 24.9 Å². The minimum atomic E-state index is -0.517. The van der Waals surface area contributed by atoms with Crippen molar-refractivity contribution in [2.75, 3.05) is 27.2 Å². The summed E-state index contributed by atoms with van der Waals surface area (Å²) in [5.41, 5.74) is 0.656. The van der Waals surface area contributed by atoms with Crippen LogP contribution in [-0.4, -0.2) is 61.3 Å². The fourth-order valence-electron chi connectivity index (χ4n) is 3.65. The van der Waals surface area contributed by atoms with E-state index in [1.807, 2.05) is 39.8 Å². The van der Waals surface area contributed by atoms with Gasteiger partial charge in [-0.05, 0) is 72.7 Å². The van der Waals surface area contributed by atoms with E-state index in [4.69, 9.17) is 9.31 Å².